The third-order valence-corrected chi connectivity index (χ3v) is 10.2. The van der Waals surface area contributed by atoms with Crippen molar-refractivity contribution in [2.75, 3.05) is 24.1 Å². The van der Waals surface area contributed by atoms with Crippen LogP contribution in [-0.4, -0.2) is 23.4 Å². The minimum Gasteiger partial charge on any atom is -0.508 e. The first-order valence-corrected chi connectivity index (χ1v) is 19.3. The highest BCUT2D eigenvalue weighted by molar-refractivity contribution is 7.10. The molecule has 2 atom stereocenters. The summed E-state index contributed by atoms with van der Waals surface area (Å²) in [4.78, 5) is 2.16. The molecule has 6 rings (SSSR count). The van der Waals surface area contributed by atoms with Crippen LogP contribution in [0.3, 0.4) is 0 Å². The Balaban J connectivity index is 0.902. The van der Waals surface area contributed by atoms with Crippen LogP contribution in [0.1, 0.15) is 52.2 Å². The monoisotopic (exact) mass is 744 g/mol. The molecule has 10 heteroatoms. The van der Waals surface area contributed by atoms with Gasteiger partial charge in [0.1, 0.15) is 23.0 Å². The van der Waals surface area contributed by atoms with Crippen LogP contribution in [0, 0.1) is 0 Å². The lowest BCUT2D eigenvalue weighted by Gasteiger charge is -2.16. The van der Waals surface area contributed by atoms with Crippen LogP contribution in [-0.2, 0) is 0 Å². The van der Waals surface area contributed by atoms with E-state index in [4.69, 9.17) is 9.47 Å². The van der Waals surface area contributed by atoms with Gasteiger partial charge in [-0.15, -0.1) is 22.7 Å². The highest BCUT2D eigenvalue weighted by Crippen LogP contribution is 2.27. The SMILES string of the molecule is O/C(=C\C(NNc1ccccc1)c1cccs1)c1ccc(OCCCCCOc2ccc(/C(O)=C/C(NNc3ccccc3)c3cccs3)cc2)cc1. The maximum absolute atomic E-state index is 10.9. The number of hydrazine groups is 2. The van der Waals surface area contributed by atoms with Crippen LogP contribution in [0.2, 0.25) is 0 Å². The normalized spacial score (nSPS) is 12.9. The number of nitrogens with one attached hydrogen (secondary N) is 4. The van der Waals surface area contributed by atoms with E-state index in [1.54, 1.807) is 34.8 Å². The zero-order valence-electron chi connectivity index (χ0n) is 29.2. The second kappa shape index (κ2) is 19.9. The molecule has 6 aromatic rings. The van der Waals surface area contributed by atoms with Crippen molar-refractivity contribution in [2.24, 2.45) is 0 Å². The number of ether oxygens (including phenoxy) is 2. The number of aliphatic hydroxyl groups excluding tert-OH is 2. The summed E-state index contributed by atoms with van der Waals surface area (Å²) in [5, 5.41) is 25.9. The number of hydrogen-bond donors (Lipinski definition) is 6. The molecule has 0 amide bonds. The highest BCUT2D eigenvalue weighted by Gasteiger charge is 2.14. The summed E-state index contributed by atoms with van der Waals surface area (Å²) in [6.07, 6.45) is 6.37. The van der Waals surface area contributed by atoms with Crippen molar-refractivity contribution in [2.45, 2.75) is 31.3 Å². The van der Waals surface area contributed by atoms with E-state index in [0.717, 1.165) is 51.9 Å². The van der Waals surface area contributed by atoms with Crippen molar-refractivity contribution in [3.8, 4) is 11.5 Å². The average Bonchev–Trinajstić information content (AvgIpc) is 3.95. The molecular weight excluding hydrogens is 701 g/mol. The molecular formula is C43H44N4O4S2. The predicted octanol–water partition coefficient (Wildman–Crippen LogP) is 11.0. The highest BCUT2D eigenvalue weighted by atomic mass is 32.1. The Hall–Kier alpha value is -5.52. The summed E-state index contributed by atoms with van der Waals surface area (Å²) in [7, 11) is 0. The second-order valence-corrected chi connectivity index (χ2v) is 14.1. The minimum absolute atomic E-state index is 0.187. The number of unbranched alkanes of at least 4 members (excludes halogenated alkanes) is 2. The fourth-order valence-corrected chi connectivity index (χ4v) is 6.89. The molecule has 2 unspecified atom stereocenters. The van der Waals surface area contributed by atoms with Gasteiger partial charge in [0.25, 0.3) is 0 Å². The summed E-state index contributed by atoms with van der Waals surface area (Å²) in [5.41, 5.74) is 16.4. The van der Waals surface area contributed by atoms with Crippen molar-refractivity contribution in [1.82, 2.24) is 10.9 Å². The molecule has 0 saturated heterocycles. The molecule has 272 valence electrons. The van der Waals surface area contributed by atoms with Crippen LogP contribution in [0.4, 0.5) is 11.4 Å². The number of anilines is 2. The van der Waals surface area contributed by atoms with Gasteiger partial charge < -0.3 is 30.5 Å². The summed E-state index contributed by atoms with van der Waals surface area (Å²) in [6.45, 7) is 1.19. The van der Waals surface area contributed by atoms with Gasteiger partial charge in [0, 0.05) is 32.3 Å². The van der Waals surface area contributed by atoms with Gasteiger partial charge in [-0.2, -0.15) is 0 Å². The standard InChI is InChI=1S/C43H44N4O4S2/c48-40(30-38(42-16-10-28-52-42)46-44-34-12-4-1-5-13-34)32-18-22-36(23-19-32)50-26-8-3-9-27-51-37-24-20-33(21-25-37)41(49)31-39(43-17-11-29-53-43)47-45-35-14-6-2-7-15-35/h1-2,4-7,10-25,28-31,38-39,44-49H,3,8-9,26-27H2/b40-30-,41-31-. The Labute approximate surface area is 319 Å². The van der Waals surface area contributed by atoms with Gasteiger partial charge in [-0.1, -0.05) is 48.5 Å². The number of aliphatic hydroxyl groups is 2. The first-order valence-electron chi connectivity index (χ1n) is 17.6. The van der Waals surface area contributed by atoms with Gasteiger partial charge in [0.2, 0.25) is 0 Å². The molecule has 0 aliphatic rings. The third-order valence-electron chi connectivity index (χ3n) is 8.27. The average molecular weight is 745 g/mol. The smallest absolute Gasteiger partial charge is 0.120 e. The van der Waals surface area contributed by atoms with Crippen LogP contribution in [0.5, 0.6) is 11.5 Å². The van der Waals surface area contributed by atoms with Crippen molar-refractivity contribution in [3.63, 3.8) is 0 Å². The molecule has 0 saturated carbocycles. The molecule has 2 heterocycles. The van der Waals surface area contributed by atoms with E-state index < -0.39 is 0 Å². The molecule has 0 radical (unpaired) electrons. The Morgan fingerprint density at radius 2 is 0.925 bits per heavy atom. The molecule has 4 aromatic carbocycles. The lowest BCUT2D eigenvalue weighted by Crippen LogP contribution is -2.25. The van der Waals surface area contributed by atoms with E-state index >= 15 is 0 Å². The summed E-state index contributed by atoms with van der Waals surface area (Å²) < 4.78 is 11.9. The number of hydrogen-bond acceptors (Lipinski definition) is 10. The van der Waals surface area contributed by atoms with E-state index in [1.807, 2.05) is 144 Å². The van der Waals surface area contributed by atoms with E-state index in [0.29, 0.717) is 24.3 Å². The van der Waals surface area contributed by atoms with Gasteiger partial charge in [-0.25, -0.2) is 10.9 Å². The van der Waals surface area contributed by atoms with E-state index in [2.05, 4.69) is 21.7 Å². The summed E-state index contributed by atoms with van der Waals surface area (Å²) >= 11 is 3.25. The number of rotatable bonds is 20. The molecule has 0 spiro atoms. The molecule has 0 aliphatic carbocycles. The lowest BCUT2D eigenvalue weighted by atomic mass is 10.1. The topological polar surface area (TPSA) is 107 Å². The molecule has 6 N–H and O–H groups in total. The Morgan fingerprint density at radius 1 is 0.509 bits per heavy atom. The first-order chi connectivity index (χ1) is 26.1. The maximum atomic E-state index is 10.9. The van der Waals surface area contributed by atoms with Gasteiger partial charge in [-0.05, 0) is 127 Å². The zero-order valence-corrected chi connectivity index (χ0v) is 30.9. The zero-order chi connectivity index (χ0) is 36.5. The lowest BCUT2D eigenvalue weighted by molar-refractivity contribution is 0.279. The van der Waals surface area contributed by atoms with Crippen molar-refractivity contribution in [1.29, 1.82) is 0 Å². The molecule has 0 aliphatic heterocycles. The van der Waals surface area contributed by atoms with Gasteiger partial charge >= 0.3 is 0 Å². The van der Waals surface area contributed by atoms with E-state index in [1.165, 1.54) is 0 Å². The number of thiophene rings is 2. The van der Waals surface area contributed by atoms with Crippen molar-refractivity contribution < 1.29 is 19.7 Å². The fraction of sp³-hybridized carbons (Fsp3) is 0.163. The molecule has 0 bridgehead atoms. The maximum Gasteiger partial charge on any atom is 0.120 e. The second-order valence-electron chi connectivity index (χ2n) is 12.2. The van der Waals surface area contributed by atoms with Crippen LogP contribution < -0.4 is 31.2 Å². The Morgan fingerprint density at radius 3 is 1.30 bits per heavy atom. The molecule has 53 heavy (non-hydrogen) atoms. The minimum atomic E-state index is -0.217. The van der Waals surface area contributed by atoms with Gasteiger partial charge in [0.05, 0.1) is 25.3 Å². The van der Waals surface area contributed by atoms with Crippen molar-refractivity contribution >= 4 is 45.6 Å². The van der Waals surface area contributed by atoms with Gasteiger partial charge in [-0.3, -0.25) is 0 Å². The predicted molar refractivity (Wildman–Crippen MR) is 219 cm³/mol. The van der Waals surface area contributed by atoms with Crippen LogP contribution in [0.15, 0.2) is 156 Å². The van der Waals surface area contributed by atoms with E-state index in [9.17, 15) is 10.2 Å². The van der Waals surface area contributed by atoms with Crippen molar-refractivity contribution in [3.05, 3.63) is 177 Å². The summed E-state index contributed by atoms with van der Waals surface area (Å²) in [6, 6.07) is 42.4. The molecule has 2 aromatic heterocycles. The fourth-order valence-electron chi connectivity index (χ4n) is 5.40. The Kier molecular flexibility index (Phi) is 14.0. The summed E-state index contributed by atoms with van der Waals surface area (Å²) in [5.74, 6) is 1.90. The third kappa shape index (κ3) is 11.7. The largest absolute Gasteiger partial charge is 0.508 e. The first kappa shape index (κ1) is 37.2. The van der Waals surface area contributed by atoms with Gasteiger partial charge in [0.15, 0.2) is 0 Å². The van der Waals surface area contributed by atoms with E-state index in [-0.39, 0.29) is 23.6 Å². The van der Waals surface area contributed by atoms with Crippen LogP contribution >= 0.6 is 22.7 Å². The number of benzene rings is 4. The Bertz CT molecular complexity index is 1820. The quantitative estimate of drug-likeness (QED) is 0.0261. The van der Waals surface area contributed by atoms with Crippen LogP contribution in [0.25, 0.3) is 11.5 Å². The number of para-hydroxylation sites is 2. The molecule has 0 fully saturated rings. The molecule has 8 nitrogen and oxygen atoms in total.